The van der Waals surface area contributed by atoms with Gasteiger partial charge in [0.2, 0.25) is 0 Å². The molecule has 0 saturated heterocycles. The van der Waals surface area contributed by atoms with Crippen molar-refractivity contribution < 1.29 is 0 Å². The molecule has 1 aromatic heterocycles. The molecule has 0 aromatic carbocycles. The van der Waals surface area contributed by atoms with Crippen LogP contribution in [0.15, 0.2) is 6.07 Å². The molecule has 1 unspecified atom stereocenters. The second-order valence-corrected chi connectivity index (χ2v) is 4.61. The lowest BCUT2D eigenvalue weighted by Crippen LogP contribution is -2.34. The van der Waals surface area contributed by atoms with E-state index in [4.69, 9.17) is 5.84 Å². The van der Waals surface area contributed by atoms with E-state index in [1.54, 1.807) is 0 Å². The second kappa shape index (κ2) is 7.16. The van der Waals surface area contributed by atoms with Gasteiger partial charge < -0.3 is 10.3 Å². The molecule has 102 valence electrons. The van der Waals surface area contributed by atoms with Crippen molar-refractivity contribution >= 4 is 11.6 Å². The first-order valence-electron chi connectivity index (χ1n) is 6.71. The van der Waals surface area contributed by atoms with Crippen molar-refractivity contribution in [1.82, 2.24) is 9.97 Å². The Morgan fingerprint density at radius 3 is 2.67 bits per heavy atom. The molecule has 0 spiro atoms. The van der Waals surface area contributed by atoms with Crippen molar-refractivity contribution in [3.63, 3.8) is 0 Å². The molecular weight excluding hydrogens is 226 g/mol. The van der Waals surface area contributed by atoms with Gasteiger partial charge in [-0.2, -0.15) is 0 Å². The van der Waals surface area contributed by atoms with Crippen LogP contribution in [0.25, 0.3) is 0 Å². The van der Waals surface area contributed by atoms with Crippen LogP contribution in [0, 0.1) is 6.92 Å². The molecule has 1 aromatic rings. The van der Waals surface area contributed by atoms with Gasteiger partial charge in [-0.15, -0.1) is 0 Å². The van der Waals surface area contributed by atoms with E-state index in [9.17, 15) is 0 Å². The van der Waals surface area contributed by atoms with E-state index in [1.165, 1.54) is 12.8 Å². The van der Waals surface area contributed by atoms with Gasteiger partial charge in [-0.3, -0.25) is 0 Å². The van der Waals surface area contributed by atoms with Crippen LogP contribution in [0.1, 0.15) is 45.9 Å². The molecule has 1 heterocycles. The Hall–Kier alpha value is -1.36. The number of nitrogen functional groups attached to an aromatic ring is 1. The van der Waals surface area contributed by atoms with Crippen LogP contribution in [-0.2, 0) is 0 Å². The molecule has 1 atom stereocenters. The van der Waals surface area contributed by atoms with E-state index in [0.717, 1.165) is 24.6 Å². The van der Waals surface area contributed by atoms with Gasteiger partial charge in [-0.05, 0) is 26.7 Å². The summed E-state index contributed by atoms with van der Waals surface area (Å²) in [6.07, 6.45) is 3.44. The third-order valence-electron chi connectivity index (χ3n) is 3.14. The maximum Gasteiger partial charge on any atom is 0.145 e. The standard InChI is InChI=1S/C13H25N5/c1-5-7-8-18(10(3)6-2)13-9-12(17-14)15-11(4)16-13/h9-10H,5-8,14H2,1-4H3,(H,15,16,17). The maximum absolute atomic E-state index is 5.44. The van der Waals surface area contributed by atoms with E-state index in [-0.39, 0.29) is 0 Å². The molecular formula is C13H25N5. The number of hydrogen-bond acceptors (Lipinski definition) is 5. The molecule has 0 amide bonds. The average molecular weight is 251 g/mol. The average Bonchev–Trinajstić information content (AvgIpc) is 2.38. The minimum atomic E-state index is 0.469. The monoisotopic (exact) mass is 251 g/mol. The molecule has 0 fully saturated rings. The molecule has 0 aliphatic rings. The molecule has 0 bridgehead atoms. The summed E-state index contributed by atoms with van der Waals surface area (Å²) in [6.45, 7) is 9.53. The van der Waals surface area contributed by atoms with Gasteiger partial charge in [0.25, 0.3) is 0 Å². The maximum atomic E-state index is 5.44. The number of hydrogen-bond donors (Lipinski definition) is 2. The summed E-state index contributed by atoms with van der Waals surface area (Å²) in [5.41, 5.74) is 2.60. The largest absolute Gasteiger partial charge is 0.354 e. The van der Waals surface area contributed by atoms with Crippen LogP contribution in [0.4, 0.5) is 11.6 Å². The lowest BCUT2D eigenvalue weighted by Gasteiger charge is -2.30. The molecule has 5 nitrogen and oxygen atoms in total. The summed E-state index contributed by atoms with van der Waals surface area (Å²) < 4.78 is 0. The fourth-order valence-corrected chi connectivity index (χ4v) is 1.88. The lowest BCUT2D eigenvalue weighted by atomic mass is 10.2. The van der Waals surface area contributed by atoms with E-state index in [2.05, 4.69) is 41.1 Å². The molecule has 0 saturated carbocycles. The fourth-order valence-electron chi connectivity index (χ4n) is 1.88. The Balaban J connectivity index is 2.99. The number of aromatic nitrogens is 2. The Kier molecular flexibility index (Phi) is 5.85. The summed E-state index contributed by atoms with van der Waals surface area (Å²) in [5, 5.41) is 0. The van der Waals surface area contributed by atoms with Crippen molar-refractivity contribution in [2.75, 3.05) is 16.9 Å². The van der Waals surface area contributed by atoms with Crippen LogP contribution in [0.5, 0.6) is 0 Å². The number of nitrogens with two attached hydrogens (primary N) is 1. The van der Waals surface area contributed by atoms with Crippen molar-refractivity contribution in [2.45, 2.75) is 53.0 Å². The van der Waals surface area contributed by atoms with Crippen molar-refractivity contribution in [3.8, 4) is 0 Å². The molecule has 3 N–H and O–H groups in total. The first kappa shape index (κ1) is 14.7. The first-order chi connectivity index (χ1) is 8.62. The zero-order chi connectivity index (χ0) is 13.5. The molecule has 0 aliphatic carbocycles. The van der Waals surface area contributed by atoms with Crippen molar-refractivity contribution in [3.05, 3.63) is 11.9 Å². The Labute approximate surface area is 110 Å². The second-order valence-electron chi connectivity index (χ2n) is 4.61. The van der Waals surface area contributed by atoms with Gasteiger partial charge >= 0.3 is 0 Å². The quantitative estimate of drug-likeness (QED) is 0.575. The fraction of sp³-hybridized carbons (Fsp3) is 0.692. The number of rotatable bonds is 7. The van der Waals surface area contributed by atoms with Gasteiger partial charge in [-0.1, -0.05) is 20.3 Å². The summed E-state index contributed by atoms with van der Waals surface area (Å²) in [4.78, 5) is 11.1. The Bertz CT molecular complexity index is 366. The predicted octanol–water partition coefficient (Wildman–Crippen LogP) is 2.48. The van der Waals surface area contributed by atoms with Gasteiger partial charge in [-0.25, -0.2) is 15.8 Å². The summed E-state index contributed by atoms with van der Waals surface area (Å²) in [5.74, 6) is 7.80. The zero-order valence-electron chi connectivity index (χ0n) is 11.9. The van der Waals surface area contributed by atoms with Gasteiger partial charge in [0, 0.05) is 18.7 Å². The number of anilines is 2. The van der Waals surface area contributed by atoms with E-state index >= 15 is 0 Å². The Morgan fingerprint density at radius 1 is 1.39 bits per heavy atom. The van der Waals surface area contributed by atoms with Crippen LogP contribution in [0.2, 0.25) is 0 Å². The van der Waals surface area contributed by atoms with E-state index < -0.39 is 0 Å². The number of nitrogens with zero attached hydrogens (tertiary/aromatic N) is 3. The molecule has 0 radical (unpaired) electrons. The summed E-state index contributed by atoms with van der Waals surface area (Å²) >= 11 is 0. The highest BCUT2D eigenvalue weighted by Crippen LogP contribution is 2.19. The molecule has 5 heteroatoms. The minimum absolute atomic E-state index is 0.469. The summed E-state index contributed by atoms with van der Waals surface area (Å²) in [6, 6.07) is 2.38. The zero-order valence-corrected chi connectivity index (χ0v) is 11.9. The number of unbranched alkanes of at least 4 members (excludes halogenated alkanes) is 1. The SMILES string of the molecule is CCCCN(c1cc(NN)nc(C)n1)C(C)CC. The van der Waals surface area contributed by atoms with Crippen molar-refractivity contribution in [1.29, 1.82) is 0 Å². The van der Waals surface area contributed by atoms with Crippen LogP contribution in [0.3, 0.4) is 0 Å². The molecule has 0 aliphatic heterocycles. The lowest BCUT2D eigenvalue weighted by molar-refractivity contribution is 0.588. The number of hydrazine groups is 1. The van der Waals surface area contributed by atoms with Gasteiger partial charge in [0.05, 0.1) is 0 Å². The van der Waals surface area contributed by atoms with Crippen LogP contribution >= 0.6 is 0 Å². The third-order valence-corrected chi connectivity index (χ3v) is 3.14. The van der Waals surface area contributed by atoms with Crippen LogP contribution in [-0.4, -0.2) is 22.6 Å². The topological polar surface area (TPSA) is 67.1 Å². The van der Waals surface area contributed by atoms with Gasteiger partial charge in [0.15, 0.2) is 0 Å². The Morgan fingerprint density at radius 2 is 2.11 bits per heavy atom. The van der Waals surface area contributed by atoms with E-state index in [0.29, 0.717) is 11.9 Å². The predicted molar refractivity (Wildman–Crippen MR) is 76.6 cm³/mol. The number of nitrogens with one attached hydrogen (secondary N) is 1. The van der Waals surface area contributed by atoms with Gasteiger partial charge in [0.1, 0.15) is 17.5 Å². The minimum Gasteiger partial charge on any atom is -0.354 e. The highest BCUT2D eigenvalue weighted by molar-refractivity contribution is 5.49. The first-order valence-corrected chi connectivity index (χ1v) is 6.71. The molecule has 18 heavy (non-hydrogen) atoms. The highest BCUT2D eigenvalue weighted by atomic mass is 15.3. The van der Waals surface area contributed by atoms with E-state index in [1.807, 2.05) is 13.0 Å². The number of aryl methyl sites for hydroxylation is 1. The molecule has 1 rings (SSSR count). The smallest absolute Gasteiger partial charge is 0.145 e. The highest BCUT2D eigenvalue weighted by Gasteiger charge is 2.15. The normalized spacial score (nSPS) is 12.3. The van der Waals surface area contributed by atoms with Crippen molar-refractivity contribution in [2.24, 2.45) is 5.84 Å². The van der Waals surface area contributed by atoms with Crippen LogP contribution < -0.4 is 16.2 Å². The summed E-state index contributed by atoms with van der Waals surface area (Å²) in [7, 11) is 0. The third kappa shape index (κ3) is 3.84.